The number of aryl methyl sites for hydroxylation is 1. The molecule has 1 N–H and O–H groups in total. The molecule has 3 aromatic carbocycles. The summed E-state index contributed by atoms with van der Waals surface area (Å²) in [5.41, 5.74) is 5.19. The van der Waals surface area contributed by atoms with Crippen molar-refractivity contribution in [3.63, 3.8) is 0 Å². The number of non-ortho nitro benzene ring substituents is 1. The summed E-state index contributed by atoms with van der Waals surface area (Å²) in [4.78, 5) is 22.5. The average molecular weight is 497 g/mol. The third-order valence-corrected chi connectivity index (χ3v) is 5.99. The molecule has 35 heavy (non-hydrogen) atoms. The van der Waals surface area contributed by atoms with Crippen LogP contribution >= 0.6 is 0 Å². The minimum Gasteiger partial charge on any atom is -0.489 e. The summed E-state index contributed by atoms with van der Waals surface area (Å²) in [6.45, 7) is 1.72. The molecule has 0 bridgehead atoms. The molecule has 0 radical (unpaired) electrons. The maximum atomic E-state index is 12.3. The molecule has 182 valence electrons. The van der Waals surface area contributed by atoms with Gasteiger partial charge < -0.3 is 4.74 Å². The number of hydrogen-bond acceptors (Lipinski definition) is 7. The van der Waals surface area contributed by atoms with E-state index in [0.717, 1.165) is 21.7 Å². The molecular formula is C24H24N4O6S. The van der Waals surface area contributed by atoms with Crippen LogP contribution in [0.2, 0.25) is 0 Å². The number of benzene rings is 3. The molecule has 0 saturated heterocycles. The Morgan fingerprint density at radius 1 is 1.06 bits per heavy atom. The van der Waals surface area contributed by atoms with Crippen LogP contribution in [0.4, 0.5) is 11.4 Å². The van der Waals surface area contributed by atoms with E-state index in [4.69, 9.17) is 4.74 Å². The Bertz CT molecular complexity index is 1310. The number of nitro benzene ring substituents is 1. The van der Waals surface area contributed by atoms with Crippen LogP contribution in [0.3, 0.4) is 0 Å². The number of carbonyl (C=O) groups excluding carboxylic acids is 1. The van der Waals surface area contributed by atoms with E-state index in [2.05, 4.69) is 10.5 Å². The number of nitro groups is 1. The second-order valence-electron chi connectivity index (χ2n) is 7.68. The summed E-state index contributed by atoms with van der Waals surface area (Å²) in [6.07, 6.45) is 2.46. The predicted molar refractivity (Wildman–Crippen MR) is 133 cm³/mol. The second kappa shape index (κ2) is 11.3. The minimum atomic E-state index is -3.66. The zero-order valence-electron chi connectivity index (χ0n) is 19.1. The average Bonchev–Trinajstić information content (AvgIpc) is 2.82. The fraction of sp³-hybridized carbons (Fsp3) is 0.167. The number of amides is 1. The predicted octanol–water partition coefficient (Wildman–Crippen LogP) is 3.40. The summed E-state index contributed by atoms with van der Waals surface area (Å²) in [5, 5.41) is 14.6. The molecule has 10 nitrogen and oxygen atoms in total. The van der Waals surface area contributed by atoms with Crippen molar-refractivity contribution in [2.45, 2.75) is 13.5 Å². The first-order valence-electron chi connectivity index (χ1n) is 10.4. The van der Waals surface area contributed by atoms with E-state index in [0.29, 0.717) is 17.0 Å². The van der Waals surface area contributed by atoms with Crippen molar-refractivity contribution in [3.05, 3.63) is 99.6 Å². The number of nitrogens with zero attached hydrogens (tertiary/aromatic N) is 3. The third kappa shape index (κ3) is 7.64. The van der Waals surface area contributed by atoms with Gasteiger partial charge in [0.15, 0.2) is 0 Å². The van der Waals surface area contributed by atoms with Crippen LogP contribution in [0, 0.1) is 17.0 Å². The molecule has 0 saturated carbocycles. The van der Waals surface area contributed by atoms with Crippen molar-refractivity contribution in [1.82, 2.24) is 5.43 Å². The van der Waals surface area contributed by atoms with Crippen molar-refractivity contribution in [3.8, 4) is 5.75 Å². The molecule has 0 atom stereocenters. The normalized spacial score (nSPS) is 11.3. The van der Waals surface area contributed by atoms with Crippen LogP contribution in [0.1, 0.15) is 16.7 Å². The monoisotopic (exact) mass is 496 g/mol. The van der Waals surface area contributed by atoms with Gasteiger partial charge in [-0.05, 0) is 66.6 Å². The van der Waals surface area contributed by atoms with Crippen LogP contribution < -0.4 is 14.5 Å². The van der Waals surface area contributed by atoms with Gasteiger partial charge >= 0.3 is 0 Å². The topological polar surface area (TPSA) is 131 Å². The van der Waals surface area contributed by atoms with Gasteiger partial charge in [0.25, 0.3) is 11.6 Å². The Kier molecular flexibility index (Phi) is 8.16. The summed E-state index contributed by atoms with van der Waals surface area (Å²) < 4.78 is 30.9. The van der Waals surface area contributed by atoms with E-state index in [9.17, 15) is 23.3 Å². The molecule has 11 heteroatoms. The molecule has 3 rings (SSSR count). The number of rotatable bonds is 10. The number of ether oxygens (including phenoxy) is 1. The van der Waals surface area contributed by atoms with E-state index in [1.807, 2.05) is 6.92 Å². The molecular weight excluding hydrogens is 472 g/mol. The third-order valence-electron chi connectivity index (χ3n) is 4.85. The van der Waals surface area contributed by atoms with Crippen LogP contribution in [-0.2, 0) is 21.4 Å². The summed E-state index contributed by atoms with van der Waals surface area (Å²) in [5.74, 6) is 0.00160. The van der Waals surface area contributed by atoms with Gasteiger partial charge in [-0.25, -0.2) is 13.8 Å². The Balaban J connectivity index is 1.52. The highest BCUT2D eigenvalue weighted by Crippen LogP contribution is 2.18. The molecule has 0 aliphatic rings. The Labute approximate surface area is 203 Å². The highest BCUT2D eigenvalue weighted by atomic mass is 32.2. The Morgan fingerprint density at radius 2 is 1.69 bits per heavy atom. The van der Waals surface area contributed by atoms with E-state index >= 15 is 0 Å². The van der Waals surface area contributed by atoms with Crippen molar-refractivity contribution >= 4 is 33.5 Å². The lowest BCUT2D eigenvalue weighted by Gasteiger charge is -2.21. The highest BCUT2D eigenvalue weighted by molar-refractivity contribution is 7.92. The van der Waals surface area contributed by atoms with Crippen molar-refractivity contribution in [1.29, 1.82) is 0 Å². The van der Waals surface area contributed by atoms with E-state index in [1.54, 1.807) is 60.7 Å². The minimum absolute atomic E-state index is 0.0173. The molecule has 0 aromatic heterocycles. The molecule has 3 aromatic rings. The first kappa shape index (κ1) is 25.4. The fourth-order valence-corrected chi connectivity index (χ4v) is 3.84. The smallest absolute Gasteiger partial charge is 0.269 e. The number of hydrazone groups is 1. The maximum Gasteiger partial charge on any atom is 0.269 e. The standard InChI is InChI=1S/C24H24N4O6S/c1-18-3-9-21(10-4-18)27(35(2,32)33)16-24(29)26-25-15-19-7-13-23(14-8-19)34-17-20-5-11-22(12-6-20)28(30)31/h3-15H,16-17H2,1-2H3,(H,26,29)/b25-15-. The summed E-state index contributed by atoms with van der Waals surface area (Å²) in [6, 6.07) is 19.8. The molecule has 0 fully saturated rings. The fourth-order valence-electron chi connectivity index (χ4n) is 2.99. The zero-order valence-corrected chi connectivity index (χ0v) is 19.9. The highest BCUT2D eigenvalue weighted by Gasteiger charge is 2.20. The largest absolute Gasteiger partial charge is 0.489 e. The van der Waals surface area contributed by atoms with E-state index < -0.39 is 27.4 Å². The van der Waals surface area contributed by atoms with Crippen LogP contribution in [0.25, 0.3) is 0 Å². The van der Waals surface area contributed by atoms with Gasteiger partial charge in [-0.3, -0.25) is 19.2 Å². The van der Waals surface area contributed by atoms with Gasteiger partial charge in [-0.15, -0.1) is 0 Å². The van der Waals surface area contributed by atoms with Gasteiger partial charge in [-0.1, -0.05) is 17.7 Å². The van der Waals surface area contributed by atoms with E-state index in [1.165, 1.54) is 18.3 Å². The van der Waals surface area contributed by atoms with Crippen molar-refractivity contribution in [2.75, 3.05) is 17.1 Å². The van der Waals surface area contributed by atoms with Crippen molar-refractivity contribution in [2.24, 2.45) is 5.10 Å². The number of hydrogen-bond donors (Lipinski definition) is 1. The zero-order chi connectivity index (χ0) is 25.4. The number of nitrogens with one attached hydrogen (secondary N) is 1. The number of anilines is 1. The lowest BCUT2D eigenvalue weighted by atomic mass is 10.2. The van der Waals surface area contributed by atoms with Gasteiger partial charge in [0.05, 0.1) is 23.1 Å². The summed E-state index contributed by atoms with van der Waals surface area (Å²) in [7, 11) is -3.66. The molecule has 0 aliphatic carbocycles. The second-order valence-corrected chi connectivity index (χ2v) is 9.59. The van der Waals surface area contributed by atoms with E-state index in [-0.39, 0.29) is 12.3 Å². The van der Waals surface area contributed by atoms with Crippen LogP contribution in [-0.4, -0.2) is 38.3 Å². The maximum absolute atomic E-state index is 12.3. The summed E-state index contributed by atoms with van der Waals surface area (Å²) >= 11 is 0. The SMILES string of the molecule is Cc1ccc(N(CC(=O)N/N=C\c2ccc(OCc3ccc([N+](=O)[O-])cc3)cc2)S(C)(=O)=O)cc1. The van der Waals surface area contributed by atoms with Crippen LogP contribution in [0.5, 0.6) is 5.75 Å². The molecule has 0 unspecified atom stereocenters. The molecule has 0 aliphatic heterocycles. The lowest BCUT2D eigenvalue weighted by Crippen LogP contribution is -2.39. The van der Waals surface area contributed by atoms with Crippen LogP contribution in [0.15, 0.2) is 77.9 Å². The van der Waals surface area contributed by atoms with Gasteiger partial charge in [0, 0.05) is 12.1 Å². The van der Waals surface area contributed by atoms with Crippen molar-refractivity contribution < 1.29 is 22.9 Å². The first-order valence-corrected chi connectivity index (χ1v) is 12.3. The number of sulfonamides is 1. The molecule has 0 spiro atoms. The Morgan fingerprint density at radius 3 is 2.26 bits per heavy atom. The van der Waals surface area contributed by atoms with Gasteiger partial charge in [-0.2, -0.15) is 5.10 Å². The first-order chi connectivity index (χ1) is 16.6. The quantitative estimate of drug-likeness (QED) is 0.260. The van der Waals surface area contributed by atoms with Gasteiger partial charge in [0.2, 0.25) is 10.0 Å². The Hall–Kier alpha value is -4.25. The number of carbonyl (C=O) groups is 1. The lowest BCUT2D eigenvalue weighted by molar-refractivity contribution is -0.384. The van der Waals surface area contributed by atoms with Gasteiger partial charge in [0.1, 0.15) is 18.9 Å². The molecule has 0 heterocycles. The molecule has 1 amide bonds.